The maximum absolute atomic E-state index is 11.7. The van der Waals surface area contributed by atoms with Crippen LogP contribution in [0.3, 0.4) is 0 Å². The monoisotopic (exact) mass is 380 g/mol. The Morgan fingerprint density at radius 2 is 1.36 bits per heavy atom. The molecule has 2 N–H and O–H groups in total. The van der Waals surface area contributed by atoms with E-state index in [0.717, 1.165) is 5.56 Å². The normalized spacial score (nSPS) is 11.0. The van der Waals surface area contributed by atoms with Crippen LogP contribution in [0.15, 0.2) is 29.2 Å². The van der Waals surface area contributed by atoms with Crippen molar-refractivity contribution in [3.63, 3.8) is 0 Å². The summed E-state index contributed by atoms with van der Waals surface area (Å²) in [5, 5.41) is 16.2. The Balaban J connectivity index is 0.000000697. The van der Waals surface area contributed by atoms with Gasteiger partial charge >= 0.3 is 0 Å². The summed E-state index contributed by atoms with van der Waals surface area (Å²) in [5.74, 6) is 0. The molecule has 0 aliphatic heterocycles. The van der Waals surface area contributed by atoms with Crippen molar-refractivity contribution >= 4 is 10.1 Å². The molecular weight excluding hydrogens is 352 g/mol. The highest BCUT2D eigenvalue weighted by Crippen LogP contribution is 2.12. The molecule has 0 aliphatic carbocycles. The van der Waals surface area contributed by atoms with E-state index in [1.807, 2.05) is 6.92 Å². The van der Waals surface area contributed by atoms with Crippen LogP contribution in [0.2, 0.25) is 0 Å². The lowest BCUT2D eigenvalue weighted by atomic mass is 10.2. The minimum absolute atomic E-state index is 0.0000753. The Hall–Kier alpha value is -1.07. The third kappa shape index (κ3) is 12.9. The summed E-state index contributed by atoms with van der Waals surface area (Å²) in [6.45, 7) is 3.70. The summed E-state index contributed by atoms with van der Waals surface area (Å²) >= 11 is 0. The van der Waals surface area contributed by atoms with E-state index in [0.29, 0.717) is 26.4 Å². The quantitative estimate of drug-likeness (QED) is 0.395. The largest absolute Gasteiger partial charge is 0.394 e. The fourth-order valence-corrected chi connectivity index (χ4v) is 2.34. The van der Waals surface area contributed by atoms with Crippen LogP contribution in [-0.4, -0.2) is 78.6 Å². The first-order chi connectivity index (χ1) is 12.0. The van der Waals surface area contributed by atoms with E-state index in [1.54, 1.807) is 19.2 Å². The molecule has 1 rings (SSSR count). The molecular formula is C16H28O8S. The summed E-state index contributed by atoms with van der Waals surface area (Å²) < 4.78 is 42.8. The molecule has 0 atom stereocenters. The Bertz CT molecular complexity index is 511. The van der Waals surface area contributed by atoms with Crippen molar-refractivity contribution < 1.29 is 37.0 Å². The number of aliphatic hydroxyl groups excluding tert-OH is 2. The summed E-state index contributed by atoms with van der Waals surface area (Å²) in [6.07, 6.45) is 0. The van der Waals surface area contributed by atoms with Gasteiger partial charge < -0.3 is 24.4 Å². The van der Waals surface area contributed by atoms with E-state index in [-0.39, 0.29) is 31.3 Å². The predicted molar refractivity (Wildman–Crippen MR) is 92.0 cm³/mol. The third-order valence-corrected chi connectivity index (χ3v) is 4.01. The maximum Gasteiger partial charge on any atom is 0.297 e. The van der Waals surface area contributed by atoms with E-state index in [9.17, 15) is 8.42 Å². The lowest BCUT2D eigenvalue weighted by Gasteiger charge is -2.06. The molecule has 0 heterocycles. The molecule has 146 valence electrons. The Labute approximate surface area is 149 Å². The van der Waals surface area contributed by atoms with Crippen LogP contribution in [0.5, 0.6) is 0 Å². The van der Waals surface area contributed by atoms with E-state index in [2.05, 4.69) is 4.74 Å². The smallest absolute Gasteiger partial charge is 0.297 e. The molecule has 0 saturated carbocycles. The molecule has 0 radical (unpaired) electrons. The Morgan fingerprint density at radius 3 is 1.88 bits per heavy atom. The summed E-state index contributed by atoms with van der Waals surface area (Å²) in [5.41, 5.74) is 0.997. The number of methoxy groups -OCH3 is 1. The van der Waals surface area contributed by atoms with Gasteiger partial charge in [-0.25, -0.2) is 0 Å². The van der Waals surface area contributed by atoms with Gasteiger partial charge in [0, 0.05) is 7.11 Å². The first kappa shape index (κ1) is 23.9. The van der Waals surface area contributed by atoms with E-state index < -0.39 is 10.1 Å². The van der Waals surface area contributed by atoms with Crippen molar-refractivity contribution in [2.45, 2.75) is 11.8 Å². The van der Waals surface area contributed by atoms with E-state index in [4.69, 9.17) is 23.9 Å². The first-order valence-electron chi connectivity index (χ1n) is 7.80. The molecule has 0 aliphatic rings. The highest BCUT2D eigenvalue weighted by atomic mass is 32.2. The lowest BCUT2D eigenvalue weighted by Crippen LogP contribution is -2.13. The number of hydrogen-bond donors (Lipinski definition) is 2. The SMILES string of the molecule is COCCOCCOS(=O)(=O)c1ccc(C)cc1.OCCOCCO. The molecule has 0 bridgehead atoms. The number of ether oxygens (including phenoxy) is 3. The zero-order valence-corrected chi connectivity index (χ0v) is 15.5. The first-order valence-corrected chi connectivity index (χ1v) is 9.21. The van der Waals surface area contributed by atoms with Crippen molar-refractivity contribution in [3.05, 3.63) is 29.8 Å². The van der Waals surface area contributed by atoms with E-state index >= 15 is 0 Å². The molecule has 0 spiro atoms. The zero-order chi connectivity index (χ0) is 19.0. The number of aryl methyl sites for hydroxylation is 1. The van der Waals surface area contributed by atoms with Crippen LogP contribution in [0.25, 0.3) is 0 Å². The van der Waals surface area contributed by atoms with Crippen molar-refractivity contribution in [3.8, 4) is 0 Å². The van der Waals surface area contributed by atoms with Gasteiger partial charge in [0.05, 0.1) is 57.8 Å². The zero-order valence-electron chi connectivity index (χ0n) is 14.7. The van der Waals surface area contributed by atoms with Gasteiger partial charge in [-0.2, -0.15) is 8.42 Å². The van der Waals surface area contributed by atoms with Gasteiger partial charge in [0.2, 0.25) is 0 Å². The molecule has 25 heavy (non-hydrogen) atoms. The second-order valence-electron chi connectivity index (χ2n) is 4.75. The number of benzene rings is 1. The van der Waals surface area contributed by atoms with Crippen LogP contribution in [0.4, 0.5) is 0 Å². The standard InChI is InChI=1S/C12H18O5S.C4H10O3/c1-11-3-5-12(6-4-11)18(13,14)17-10-9-16-8-7-15-2;5-1-3-7-4-2-6/h3-6H,7-10H2,1-2H3;5-6H,1-4H2. The second-order valence-corrected chi connectivity index (χ2v) is 6.37. The molecule has 0 fully saturated rings. The van der Waals surface area contributed by atoms with Crippen molar-refractivity contribution in [2.24, 2.45) is 0 Å². The third-order valence-electron chi connectivity index (χ3n) is 2.68. The van der Waals surface area contributed by atoms with Gasteiger partial charge in [0.15, 0.2) is 0 Å². The average Bonchev–Trinajstić information content (AvgIpc) is 2.59. The minimum Gasteiger partial charge on any atom is -0.394 e. The molecule has 0 amide bonds. The number of rotatable bonds is 12. The van der Waals surface area contributed by atoms with Gasteiger partial charge in [-0.3, -0.25) is 4.18 Å². The van der Waals surface area contributed by atoms with Crippen LogP contribution in [0, 0.1) is 6.92 Å². The van der Waals surface area contributed by atoms with Gasteiger partial charge in [-0.05, 0) is 19.1 Å². The number of hydrogen-bond acceptors (Lipinski definition) is 8. The topological polar surface area (TPSA) is 112 Å². The summed E-state index contributed by atoms with van der Waals surface area (Å²) in [7, 11) is -2.11. The van der Waals surface area contributed by atoms with Crippen LogP contribution < -0.4 is 0 Å². The Morgan fingerprint density at radius 1 is 0.840 bits per heavy atom. The molecule has 0 saturated heterocycles. The minimum atomic E-state index is -3.68. The average molecular weight is 380 g/mol. The van der Waals surface area contributed by atoms with Crippen LogP contribution >= 0.6 is 0 Å². The molecule has 0 aromatic heterocycles. The van der Waals surface area contributed by atoms with Crippen LogP contribution in [0.1, 0.15) is 5.56 Å². The van der Waals surface area contributed by atoms with Gasteiger partial charge in [-0.1, -0.05) is 17.7 Å². The number of aliphatic hydroxyl groups is 2. The van der Waals surface area contributed by atoms with Crippen molar-refractivity contribution in [2.75, 3.05) is 60.0 Å². The van der Waals surface area contributed by atoms with Crippen LogP contribution in [-0.2, 0) is 28.5 Å². The predicted octanol–water partition coefficient (Wildman–Crippen LogP) is 0.351. The highest BCUT2D eigenvalue weighted by Gasteiger charge is 2.14. The maximum atomic E-state index is 11.7. The molecule has 9 heteroatoms. The Kier molecular flexibility index (Phi) is 14.6. The van der Waals surface area contributed by atoms with Gasteiger partial charge in [0.25, 0.3) is 10.1 Å². The molecule has 0 unspecified atom stereocenters. The molecule has 1 aromatic carbocycles. The van der Waals surface area contributed by atoms with Gasteiger partial charge in [-0.15, -0.1) is 0 Å². The van der Waals surface area contributed by atoms with Gasteiger partial charge in [0.1, 0.15) is 0 Å². The fourth-order valence-electron chi connectivity index (χ4n) is 1.45. The fraction of sp³-hybridized carbons (Fsp3) is 0.625. The summed E-state index contributed by atoms with van der Waals surface area (Å²) in [6, 6.07) is 6.50. The summed E-state index contributed by atoms with van der Waals surface area (Å²) in [4.78, 5) is 0.157. The van der Waals surface area contributed by atoms with Crippen molar-refractivity contribution in [1.29, 1.82) is 0 Å². The second kappa shape index (κ2) is 15.2. The molecule has 1 aromatic rings. The molecule has 8 nitrogen and oxygen atoms in total. The lowest BCUT2D eigenvalue weighted by molar-refractivity contribution is 0.0554. The van der Waals surface area contributed by atoms with E-state index in [1.165, 1.54) is 12.1 Å². The van der Waals surface area contributed by atoms with Crippen molar-refractivity contribution in [1.82, 2.24) is 0 Å². The highest BCUT2D eigenvalue weighted by molar-refractivity contribution is 7.86.